The van der Waals surface area contributed by atoms with Crippen molar-refractivity contribution in [3.8, 4) is 0 Å². The minimum atomic E-state index is -0.927. The molecule has 0 aromatic carbocycles. The lowest BCUT2D eigenvalue weighted by molar-refractivity contribution is -0.873. The Bertz CT molecular complexity index is 336. The average molecular weight is 330 g/mol. The number of unbranched alkanes of at least 4 members (excludes halogenated alkanes) is 7. The Morgan fingerprint density at radius 3 is 1.96 bits per heavy atom. The first-order chi connectivity index (χ1) is 10.7. The molecule has 0 rings (SSSR count). The Hall–Kier alpha value is -1.10. The molecule has 0 bridgehead atoms. The molecule has 0 aliphatic heterocycles. The molecule has 1 atom stereocenters. The highest BCUT2D eigenvalue weighted by molar-refractivity contribution is 5.71. The molecule has 0 fully saturated rings. The zero-order valence-corrected chi connectivity index (χ0v) is 15.5. The Balaban J connectivity index is 3.88. The predicted molar refractivity (Wildman–Crippen MR) is 92.3 cm³/mol. The highest BCUT2D eigenvalue weighted by atomic mass is 16.5. The van der Waals surface area contributed by atoms with Crippen molar-refractivity contribution >= 4 is 11.9 Å². The molecule has 1 unspecified atom stereocenters. The van der Waals surface area contributed by atoms with Gasteiger partial charge in [0.25, 0.3) is 0 Å². The molecule has 136 valence electrons. The molecule has 0 aromatic rings. The number of rotatable bonds is 14. The van der Waals surface area contributed by atoms with Gasteiger partial charge in [0.15, 0.2) is 6.10 Å². The summed E-state index contributed by atoms with van der Waals surface area (Å²) >= 11 is 0. The van der Waals surface area contributed by atoms with Crippen LogP contribution >= 0.6 is 0 Å². The van der Waals surface area contributed by atoms with Crippen molar-refractivity contribution in [1.29, 1.82) is 0 Å². The average Bonchev–Trinajstić information content (AvgIpc) is 2.39. The number of likely N-dealkylation sites (N-methyl/N-ethyl adjacent to an activating group) is 1. The summed E-state index contributed by atoms with van der Waals surface area (Å²) in [6.45, 7) is 2.72. The van der Waals surface area contributed by atoms with Crippen LogP contribution in [0.2, 0.25) is 0 Å². The molecule has 0 saturated heterocycles. The summed E-state index contributed by atoms with van der Waals surface area (Å²) in [6, 6.07) is 0. The fourth-order valence-corrected chi connectivity index (χ4v) is 2.60. The summed E-state index contributed by atoms with van der Waals surface area (Å²) in [5, 5.41) is 8.93. The highest BCUT2D eigenvalue weighted by Gasteiger charge is 2.24. The molecule has 0 spiro atoms. The minimum absolute atomic E-state index is 0.126. The van der Waals surface area contributed by atoms with Gasteiger partial charge in [0.2, 0.25) is 0 Å². The van der Waals surface area contributed by atoms with Gasteiger partial charge < -0.3 is 14.3 Å². The Morgan fingerprint density at radius 2 is 1.48 bits per heavy atom. The van der Waals surface area contributed by atoms with Crippen molar-refractivity contribution in [3.63, 3.8) is 0 Å². The summed E-state index contributed by atoms with van der Waals surface area (Å²) in [5.41, 5.74) is 0. The zero-order chi connectivity index (χ0) is 17.7. The second-order valence-corrected chi connectivity index (χ2v) is 7.41. The lowest BCUT2D eigenvalue weighted by Gasteiger charge is -2.28. The van der Waals surface area contributed by atoms with Crippen LogP contribution in [-0.2, 0) is 14.3 Å². The lowest BCUT2D eigenvalue weighted by atomic mass is 10.1. The van der Waals surface area contributed by atoms with Gasteiger partial charge in [0, 0.05) is 6.42 Å². The minimum Gasteiger partial charge on any atom is -0.481 e. The molecule has 0 amide bonds. The van der Waals surface area contributed by atoms with Crippen molar-refractivity contribution in [3.05, 3.63) is 0 Å². The first-order valence-corrected chi connectivity index (χ1v) is 8.96. The van der Waals surface area contributed by atoms with Crippen molar-refractivity contribution in [2.45, 2.75) is 77.2 Å². The van der Waals surface area contributed by atoms with Crippen molar-refractivity contribution in [2.75, 3.05) is 27.7 Å². The Morgan fingerprint density at radius 1 is 0.957 bits per heavy atom. The smallest absolute Gasteiger partial charge is 0.307 e. The van der Waals surface area contributed by atoms with Gasteiger partial charge in [-0.1, -0.05) is 51.9 Å². The number of aliphatic carboxylic acids is 1. The normalized spacial score (nSPS) is 12.9. The number of carboxylic acids is 1. The molecule has 0 saturated carbocycles. The molecule has 0 aromatic heterocycles. The summed E-state index contributed by atoms with van der Waals surface area (Å²) in [7, 11) is 5.88. The first-order valence-electron chi connectivity index (χ1n) is 8.96. The van der Waals surface area contributed by atoms with Gasteiger partial charge in [-0.3, -0.25) is 9.59 Å². The van der Waals surface area contributed by atoms with Crippen LogP contribution in [0.15, 0.2) is 0 Å². The van der Waals surface area contributed by atoms with Gasteiger partial charge in [0.1, 0.15) is 6.54 Å². The van der Waals surface area contributed by atoms with Crippen LogP contribution in [0.25, 0.3) is 0 Å². The maximum atomic E-state index is 11.9. The van der Waals surface area contributed by atoms with Crippen molar-refractivity contribution in [2.24, 2.45) is 0 Å². The van der Waals surface area contributed by atoms with Crippen molar-refractivity contribution in [1.82, 2.24) is 0 Å². The van der Waals surface area contributed by atoms with Gasteiger partial charge in [-0.2, -0.15) is 0 Å². The van der Waals surface area contributed by atoms with E-state index in [0.29, 0.717) is 17.4 Å². The van der Waals surface area contributed by atoms with Crippen LogP contribution in [0, 0.1) is 0 Å². The number of carbonyl (C=O) groups is 2. The first kappa shape index (κ1) is 21.9. The van der Waals surface area contributed by atoms with Crippen LogP contribution in [-0.4, -0.2) is 55.3 Å². The number of hydrogen-bond acceptors (Lipinski definition) is 3. The van der Waals surface area contributed by atoms with E-state index in [1.807, 2.05) is 21.1 Å². The van der Waals surface area contributed by atoms with Crippen molar-refractivity contribution < 1.29 is 23.9 Å². The molecule has 0 aliphatic rings. The third kappa shape index (κ3) is 15.6. The third-order valence-corrected chi connectivity index (χ3v) is 3.69. The van der Waals surface area contributed by atoms with Gasteiger partial charge in [0.05, 0.1) is 27.6 Å². The van der Waals surface area contributed by atoms with E-state index in [0.717, 1.165) is 19.3 Å². The SMILES string of the molecule is CCCCCCCCCCC(=O)OC(CC(=O)O)C[N+](C)(C)C. The summed E-state index contributed by atoms with van der Waals surface area (Å²) < 4.78 is 5.93. The van der Waals surface area contributed by atoms with Gasteiger partial charge in [-0.05, 0) is 6.42 Å². The van der Waals surface area contributed by atoms with Crippen LogP contribution in [0.5, 0.6) is 0 Å². The van der Waals surface area contributed by atoms with E-state index in [4.69, 9.17) is 9.84 Å². The quantitative estimate of drug-likeness (QED) is 0.300. The van der Waals surface area contributed by atoms with Crippen LogP contribution in [0.3, 0.4) is 0 Å². The van der Waals surface area contributed by atoms with Crippen LogP contribution in [0.1, 0.15) is 71.1 Å². The summed E-state index contributed by atoms with van der Waals surface area (Å²) in [4.78, 5) is 22.8. The standard InChI is InChI=1S/C18H35NO4/c1-5-6-7-8-9-10-11-12-13-18(22)23-16(14-17(20)21)15-19(2,3)4/h16H,5-15H2,1-4H3/p+1. The van der Waals surface area contributed by atoms with E-state index in [1.54, 1.807) is 0 Å². The van der Waals surface area contributed by atoms with E-state index in [1.165, 1.54) is 32.1 Å². The van der Waals surface area contributed by atoms with E-state index in [-0.39, 0.29) is 12.4 Å². The monoisotopic (exact) mass is 330 g/mol. The number of esters is 1. The third-order valence-electron chi connectivity index (χ3n) is 3.69. The fourth-order valence-electron chi connectivity index (χ4n) is 2.60. The Labute approximate surface area is 141 Å². The van der Waals surface area contributed by atoms with Gasteiger partial charge >= 0.3 is 11.9 Å². The van der Waals surface area contributed by atoms with E-state index in [2.05, 4.69) is 6.92 Å². The number of carbonyl (C=O) groups excluding carboxylic acids is 1. The summed E-state index contributed by atoms with van der Waals surface area (Å²) in [5.74, 6) is -1.20. The van der Waals surface area contributed by atoms with Crippen LogP contribution in [0.4, 0.5) is 0 Å². The molecule has 5 heteroatoms. The molecular weight excluding hydrogens is 294 g/mol. The molecule has 5 nitrogen and oxygen atoms in total. The topological polar surface area (TPSA) is 63.6 Å². The lowest BCUT2D eigenvalue weighted by Crippen LogP contribution is -2.43. The molecular formula is C18H36NO4+. The maximum Gasteiger partial charge on any atom is 0.307 e. The Kier molecular flexibility index (Phi) is 11.7. The molecule has 0 heterocycles. The molecule has 1 N–H and O–H groups in total. The number of nitrogens with zero attached hydrogens (tertiary/aromatic N) is 1. The predicted octanol–water partition coefficient (Wildman–Crippen LogP) is 3.61. The van der Waals surface area contributed by atoms with Gasteiger partial charge in [-0.25, -0.2) is 0 Å². The number of ether oxygens (including phenoxy) is 1. The van der Waals surface area contributed by atoms with E-state index in [9.17, 15) is 9.59 Å². The van der Waals surface area contributed by atoms with E-state index < -0.39 is 12.1 Å². The molecule has 0 aliphatic carbocycles. The maximum absolute atomic E-state index is 11.9. The molecule has 23 heavy (non-hydrogen) atoms. The fraction of sp³-hybridized carbons (Fsp3) is 0.889. The number of quaternary nitrogens is 1. The highest BCUT2D eigenvalue weighted by Crippen LogP contribution is 2.11. The number of carboxylic acid groups (broad SMARTS) is 1. The number of hydrogen-bond donors (Lipinski definition) is 1. The second kappa shape index (κ2) is 12.3. The zero-order valence-electron chi connectivity index (χ0n) is 15.5. The molecule has 0 radical (unpaired) electrons. The largest absolute Gasteiger partial charge is 0.481 e. The van der Waals surface area contributed by atoms with Crippen LogP contribution < -0.4 is 0 Å². The van der Waals surface area contributed by atoms with E-state index >= 15 is 0 Å². The summed E-state index contributed by atoms with van der Waals surface area (Å²) in [6.07, 6.45) is 9.14. The second-order valence-electron chi connectivity index (χ2n) is 7.41. The van der Waals surface area contributed by atoms with Gasteiger partial charge in [-0.15, -0.1) is 0 Å².